The molecule has 0 fully saturated rings. The zero-order chi connectivity index (χ0) is 14.5. The maximum Gasteiger partial charge on any atom is 0.261 e. The molecule has 2 N–H and O–H groups in total. The van der Waals surface area contributed by atoms with Crippen LogP contribution in [0.25, 0.3) is 0 Å². The molecule has 2 aromatic rings. The SMILES string of the molecule is CCCc1[nH]c(=O)c(C(=O)Nc2ccccc2)cc1Cl. The maximum atomic E-state index is 12.1. The van der Waals surface area contributed by atoms with E-state index in [0.29, 0.717) is 22.8 Å². The van der Waals surface area contributed by atoms with Gasteiger partial charge in [-0.2, -0.15) is 0 Å². The van der Waals surface area contributed by atoms with Crippen molar-refractivity contribution >= 4 is 23.2 Å². The van der Waals surface area contributed by atoms with Crippen LogP contribution in [0, 0.1) is 0 Å². The van der Waals surface area contributed by atoms with Gasteiger partial charge in [-0.3, -0.25) is 9.59 Å². The lowest BCUT2D eigenvalue weighted by molar-refractivity contribution is 0.102. The van der Waals surface area contributed by atoms with Crippen LogP contribution in [0.3, 0.4) is 0 Å². The molecule has 0 atom stereocenters. The number of aromatic nitrogens is 1. The molecule has 0 unspecified atom stereocenters. The summed E-state index contributed by atoms with van der Waals surface area (Å²) in [4.78, 5) is 26.7. The molecule has 0 aliphatic carbocycles. The Morgan fingerprint density at radius 2 is 2.00 bits per heavy atom. The Kier molecular flexibility index (Phi) is 4.58. The minimum Gasteiger partial charge on any atom is -0.324 e. The van der Waals surface area contributed by atoms with E-state index >= 15 is 0 Å². The molecule has 4 nitrogen and oxygen atoms in total. The average molecular weight is 291 g/mol. The normalized spacial score (nSPS) is 10.3. The van der Waals surface area contributed by atoms with Crippen molar-refractivity contribution in [2.24, 2.45) is 0 Å². The van der Waals surface area contributed by atoms with Gasteiger partial charge in [-0.25, -0.2) is 0 Å². The molecule has 1 heterocycles. The summed E-state index contributed by atoms with van der Waals surface area (Å²) in [5.41, 5.74) is 0.881. The fourth-order valence-electron chi connectivity index (χ4n) is 1.86. The van der Waals surface area contributed by atoms with Crippen LogP contribution in [0.15, 0.2) is 41.2 Å². The van der Waals surface area contributed by atoms with E-state index in [1.165, 1.54) is 6.07 Å². The second-order valence-corrected chi connectivity index (χ2v) is 4.82. The summed E-state index contributed by atoms with van der Waals surface area (Å²) in [6.45, 7) is 1.99. The molecular formula is C15H15ClN2O2. The number of carbonyl (C=O) groups is 1. The number of pyridine rings is 1. The number of carbonyl (C=O) groups excluding carboxylic acids is 1. The van der Waals surface area contributed by atoms with E-state index in [0.717, 1.165) is 6.42 Å². The highest BCUT2D eigenvalue weighted by atomic mass is 35.5. The molecule has 20 heavy (non-hydrogen) atoms. The molecule has 0 saturated carbocycles. The molecule has 0 spiro atoms. The maximum absolute atomic E-state index is 12.1. The number of H-pyrrole nitrogens is 1. The van der Waals surface area contributed by atoms with E-state index < -0.39 is 11.5 Å². The number of amides is 1. The Hall–Kier alpha value is -2.07. The lowest BCUT2D eigenvalue weighted by atomic mass is 10.2. The van der Waals surface area contributed by atoms with E-state index in [-0.39, 0.29) is 5.56 Å². The number of hydrogen-bond donors (Lipinski definition) is 2. The molecule has 0 bridgehead atoms. The second-order valence-electron chi connectivity index (χ2n) is 4.41. The summed E-state index contributed by atoms with van der Waals surface area (Å²) in [5, 5.41) is 3.07. The Balaban J connectivity index is 2.27. The number of para-hydroxylation sites is 1. The van der Waals surface area contributed by atoms with Gasteiger partial charge in [-0.15, -0.1) is 0 Å². The summed E-state index contributed by atoms with van der Waals surface area (Å²) < 4.78 is 0. The first-order valence-corrected chi connectivity index (χ1v) is 6.77. The molecule has 0 aliphatic rings. The summed E-state index contributed by atoms with van der Waals surface area (Å²) in [6.07, 6.45) is 1.54. The van der Waals surface area contributed by atoms with Crippen LogP contribution in [0.4, 0.5) is 5.69 Å². The highest BCUT2D eigenvalue weighted by molar-refractivity contribution is 6.31. The standard InChI is InChI=1S/C15H15ClN2O2/c1-2-6-13-12(16)9-11(15(20)18-13)14(19)17-10-7-4-3-5-8-10/h3-5,7-9H,2,6H2,1H3,(H,17,19)(H,18,20). The van der Waals surface area contributed by atoms with E-state index in [4.69, 9.17) is 11.6 Å². The fourth-order valence-corrected chi connectivity index (χ4v) is 2.11. The summed E-state index contributed by atoms with van der Waals surface area (Å²) in [7, 11) is 0. The average Bonchev–Trinajstić information content (AvgIpc) is 2.43. The van der Waals surface area contributed by atoms with Crippen molar-refractivity contribution in [3.8, 4) is 0 Å². The van der Waals surface area contributed by atoms with Crippen molar-refractivity contribution < 1.29 is 4.79 Å². The number of anilines is 1. The van der Waals surface area contributed by atoms with Crippen molar-refractivity contribution in [2.75, 3.05) is 5.32 Å². The molecule has 1 aromatic heterocycles. The van der Waals surface area contributed by atoms with Crippen molar-refractivity contribution in [2.45, 2.75) is 19.8 Å². The fraction of sp³-hybridized carbons (Fsp3) is 0.200. The van der Waals surface area contributed by atoms with Crippen LogP contribution in [0.5, 0.6) is 0 Å². The van der Waals surface area contributed by atoms with E-state index in [9.17, 15) is 9.59 Å². The first-order valence-electron chi connectivity index (χ1n) is 6.40. The number of hydrogen-bond acceptors (Lipinski definition) is 2. The van der Waals surface area contributed by atoms with Gasteiger partial charge >= 0.3 is 0 Å². The first-order chi connectivity index (χ1) is 9.61. The van der Waals surface area contributed by atoms with E-state index in [2.05, 4.69) is 10.3 Å². The molecule has 0 aliphatic heterocycles. The summed E-state index contributed by atoms with van der Waals surface area (Å²) in [6, 6.07) is 10.4. The van der Waals surface area contributed by atoms with E-state index in [1.807, 2.05) is 13.0 Å². The number of benzene rings is 1. The van der Waals surface area contributed by atoms with Gasteiger partial charge in [-0.1, -0.05) is 43.1 Å². The molecule has 1 aromatic carbocycles. The molecule has 0 radical (unpaired) electrons. The number of nitrogens with one attached hydrogen (secondary N) is 2. The Morgan fingerprint density at radius 1 is 1.30 bits per heavy atom. The van der Waals surface area contributed by atoms with Crippen LogP contribution in [0.2, 0.25) is 5.02 Å². The minimum absolute atomic E-state index is 0.0127. The van der Waals surface area contributed by atoms with Gasteiger partial charge in [0.1, 0.15) is 5.56 Å². The Morgan fingerprint density at radius 3 is 2.65 bits per heavy atom. The Bertz CT molecular complexity index is 665. The largest absolute Gasteiger partial charge is 0.324 e. The van der Waals surface area contributed by atoms with Gasteiger partial charge in [0, 0.05) is 11.4 Å². The third-order valence-corrected chi connectivity index (χ3v) is 3.18. The van der Waals surface area contributed by atoms with Gasteiger partial charge < -0.3 is 10.3 Å². The predicted molar refractivity (Wildman–Crippen MR) is 80.5 cm³/mol. The zero-order valence-electron chi connectivity index (χ0n) is 11.1. The van der Waals surface area contributed by atoms with Crippen LogP contribution < -0.4 is 10.9 Å². The number of halogens is 1. The van der Waals surface area contributed by atoms with Crippen LogP contribution in [-0.4, -0.2) is 10.9 Å². The number of rotatable bonds is 4. The van der Waals surface area contributed by atoms with Gasteiger partial charge in [0.25, 0.3) is 11.5 Å². The molecule has 2 rings (SSSR count). The number of aromatic amines is 1. The quantitative estimate of drug-likeness (QED) is 0.908. The predicted octanol–water partition coefficient (Wildman–Crippen LogP) is 3.23. The van der Waals surface area contributed by atoms with Crippen molar-refractivity contribution in [3.05, 3.63) is 63.0 Å². The van der Waals surface area contributed by atoms with Crippen LogP contribution >= 0.6 is 11.6 Å². The molecule has 1 amide bonds. The van der Waals surface area contributed by atoms with Gasteiger partial charge in [-0.05, 0) is 24.6 Å². The third kappa shape index (κ3) is 3.27. The lowest BCUT2D eigenvalue weighted by Gasteiger charge is -2.07. The molecular weight excluding hydrogens is 276 g/mol. The Labute approximate surface area is 121 Å². The second kappa shape index (κ2) is 6.39. The van der Waals surface area contributed by atoms with Crippen LogP contribution in [0.1, 0.15) is 29.4 Å². The minimum atomic E-state index is -0.470. The highest BCUT2D eigenvalue weighted by Gasteiger charge is 2.13. The van der Waals surface area contributed by atoms with Crippen molar-refractivity contribution in [1.82, 2.24) is 4.98 Å². The first kappa shape index (κ1) is 14.3. The van der Waals surface area contributed by atoms with Gasteiger partial charge in [0.05, 0.1) is 5.02 Å². The number of aryl methyl sites for hydroxylation is 1. The van der Waals surface area contributed by atoms with Crippen LogP contribution in [-0.2, 0) is 6.42 Å². The van der Waals surface area contributed by atoms with Gasteiger partial charge in [0.15, 0.2) is 0 Å². The smallest absolute Gasteiger partial charge is 0.261 e. The van der Waals surface area contributed by atoms with Gasteiger partial charge in [0.2, 0.25) is 0 Å². The molecule has 104 valence electrons. The molecule has 5 heteroatoms. The monoisotopic (exact) mass is 290 g/mol. The van der Waals surface area contributed by atoms with Crippen molar-refractivity contribution in [3.63, 3.8) is 0 Å². The lowest BCUT2D eigenvalue weighted by Crippen LogP contribution is -2.24. The van der Waals surface area contributed by atoms with E-state index in [1.54, 1.807) is 24.3 Å². The molecule has 0 saturated heterocycles. The van der Waals surface area contributed by atoms with Crippen molar-refractivity contribution in [1.29, 1.82) is 0 Å². The highest BCUT2D eigenvalue weighted by Crippen LogP contribution is 2.15. The summed E-state index contributed by atoms with van der Waals surface area (Å²) >= 11 is 6.08. The summed E-state index contributed by atoms with van der Waals surface area (Å²) in [5.74, 6) is -0.470. The zero-order valence-corrected chi connectivity index (χ0v) is 11.8. The third-order valence-electron chi connectivity index (χ3n) is 2.84. The topological polar surface area (TPSA) is 62.0 Å².